The molecule has 1 N–H and O–H groups in total. The molecule has 0 aliphatic carbocycles. The van der Waals surface area contributed by atoms with Gasteiger partial charge in [-0.1, -0.05) is 13.0 Å². The maximum Gasteiger partial charge on any atom is 0.221 e. The molecule has 0 aliphatic rings. The van der Waals surface area contributed by atoms with Crippen LogP contribution in [0.15, 0.2) is 18.2 Å². The van der Waals surface area contributed by atoms with Crippen LogP contribution in [0.25, 0.3) is 0 Å². The molecule has 1 aromatic carbocycles. The van der Waals surface area contributed by atoms with Crippen molar-refractivity contribution in [3.05, 3.63) is 29.3 Å². The summed E-state index contributed by atoms with van der Waals surface area (Å²) in [5.74, 6) is -0.169. The monoisotopic (exact) mass is 191 g/mol. The van der Waals surface area contributed by atoms with Crippen LogP contribution in [0.4, 0.5) is 5.69 Å². The van der Waals surface area contributed by atoms with E-state index in [0.717, 1.165) is 18.3 Å². The first-order valence-electron chi connectivity index (χ1n) is 4.53. The fourth-order valence-electron chi connectivity index (χ4n) is 1.23. The quantitative estimate of drug-likeness (QED) is 0.743. The summed E-state index contributed by atoms with van der Waals surface area (Å²) >= 11 is 0. The molecule has 74 valence electrons. The Bertz CT molecular complexity index is 358. The van der Waals surface area contributed by atoms with Crippen molar-refractivity contribution in [1.82, 2.24) is 0 Å². The summed E-state index contributed by atoms with van der Waals surface area (Å²) in [6.45, 7) is 3.43. The van der Waals surface area contributed by atoms with Crippen molar-refractivity contribution in [2.75, 3.05) is 5.32 Å². The lowest BCUT2D eigenvalue weighted by atomic mass is 10.1. The number of rotatable bonds is 3. The molecule has 3 nitrogen and oxygen atoms in total. The van der Waals surface area contributed by atoms with Gasteiger partial charge in [0.05, 0.1) is 5.69 Å². The number of amides is 1. The van der Waals surface area contributed by atoms with Crippen LogP contribution in [0.3, 0.4) is 0 Å². The maximum atomic E-state index is 10.8. The Morgan fingerprint density at radius 1 is 1.50 bits per heavy atom. The Morgan fingerprint density at radius 2 is 2.21 bits per heavy atom. The van der Waals surface area contributed by atoms with Gasteiger partial charge in [0.25, 0.3) is 0 Å². The maximum absolute atomic E-state index is 10.8. The molecular formula is C11H13NO2. The lowest BCUT2D eigenvalue weighted by Gasteiger charge is -2.06. The topological polar surface area (TPSA) is 46.2 Å². The van der Waals surface area contributed by atoms with Crippen LogP contribution in [0.1, 0.15) is 29.8 Å². The molecule has 0 heterocycles. The van der Waals surface area contributed by atoms with E-state index in [-0.39, 0.29) is 5.91 Å². The Labute approximate surface area is 83.1 Å². The lowest BCUT2D eigenvalue weighted by Crippen LogP contribution is -2.08. The first kappa shape index (κ1) is 10.4. The molecule has 0 saturated carbocycles. The van der Waals surface area contributed by atoms with Gasteiger partial charge in [-0.2, -0.15) is 0 Å². The first-order valence-corrected chi connectivity index (χ1v) is 4.53. The molecular weight excluding hydrogens is 178 g/mol. The summed E-state index contributed by atoms with van der Waals surface area (Å²) in [6, 6.07) is 5.44. The van der Waals surface area contributed by atoms with Gasteiger partial charge >= 0.3 is 0 Å². The van der Waals surface area contributed by atoms with Crippen LogP contribution in [0.2, 0.25) is 0 Å². The number of hydrogen-bond acceptors (Lipinski definition) is 2. The SMILES string of the molecule is CCc1ccc(NC(C)=O)c(C=O)c1. The standard InChI is InChI=1S/C11H13NO2/c1-3-9-4-5-11(12-8(2)14)10(6-9)7-13/h4-7H,3H2,1-2H3,(H,12,14). The largest absolute Gasteiger partial charge is 0.326 e. The summed E-state index contributed by atoms with van der Waals surface area (Å²) < 4.78 is 0. The molecule has 0 fully saturated rings. The van der Waals surface area contributed by atoms with Crippen LogP contribution < -0.4 is 5.32 Å². The molecule has 14 heavy (non-hydrogen) atoms. The molecule has 0 saturated heterocycles. The highest BCUT2D eigenvalue weighted by Gasteiger charge is 2.03. The van der Waals surface area contributed by atoms with E-state index in [4.69, 9.17) is 0 Å². The Kier molecular flexibility index (Phi) is 3.40. The number of anilines is 1. The van der Waals surface area contributed by atoms with Gasteiger partial charge in [0.2, 0.25) is 5.91 Å². The highest BCUT2D eigenvalue weighted by Crippen LogP contribution is 2.16. The van der Waals surface area contributed by atoms with Crippen LogP contribution in [-0.2, 0) is 11.2 Å². The molecule has 0 atom stereocenters. The van der Waals surface area contributed by atoms with Gasteiger partial charge in [-0.3, -0.25) is 9.59 Å². The van der Waals surface area contributed by atoms with E-state index >= 15 is 0 Å². The van der Waals surface area contributed by atoms with E-state index in [0.29, 0.717) is 11.3 Å². The summed E-state index contributed by atoms with van der Waals surface area (Å²) in [5, 5.41) is 2.61. The van der Waals surface area contributed by atoms with Crippen LogP contribution in [-0.4, -0.2) is 12.2 Å². The minimum atomic E-state index is -0.169. The molecule has 1 rings (SSSR count). The number of carbonyl (C=O) groups excluding carboxylic acids is 2. The van der Waals surface area contributed by atoms with E-state index in [1.165, 1.54) is 6.92 Å². The van der Waals surface area contributed by atoms with Crippen molar-refractivity contribution in [3.8, 4) is 0 Å². The number of aldehydes is 1. The van der Waals surface area contributed by atoms with Crippen molar-refractivity contribution in [2.45, 2.75) is 20.3 Å². The van der Waals surface area contributed by atoms with Gasteiger partial charge in [-0.05, 0) is 24.1 Å². The van der Waals surface area contributed by atoms with Crippen LogP contribution in [0.5, 0.6) is 0 Å². The third kappa shape index (κ3) is 2.42. The van der Waals surface area contributed by atoms with Crippen molar-refractivity contribution in [2.24, 2.45) is 0 Å². The third-order valence-electron chi connectivity index (χ3n) is 1.96. The molecule has 3 heteroatoms. The number of benzene rings is 1. The predicted molar refractivity (Wildman–Crippen MR) is 55.5 cm³/mol. The summed E-state index contributed by atoms with van der Waals surface area (Å²) in [5.41, 5.74) is 2.19. The molecule has 0 bridgehead atoms. The second-order valence-electron chi connectivity index (χ2n) is 3.07. The summed E-state index contributed by atoms with van der Waals surface area (Å²) in [6.07, 6.45) is 1.63. The molecule has 0 radical (unpaired) electrons. The zero-order valence-corrected chi connectivity index (χ0v) is 8.33. The highest BCUT2D eigenvalue weighted by molar-refractivity contribution is 5.95. The van der Waals surface area contributed by atoms with E-state index in [1.54, 1.807) is 12.1 Å². The minimum absolute atomic E-state index is 0.169. The average molecular weight is 191 g/mol. The van der Waals surface area contributed by atoms with Crippen molar-refractivity contribution >= 4 is 17.9 Å². The molecule has 0 aromatic heterocycles. The van der Waals surface area contributed by atoms with E-state index in [2.05, 4.69) is 5.32 Å². The normalized spacial score (nSPS) is 9.57. The zero-order valence-electron chi connectivity index (χ0n) is 8.33. The van der Waals surface area contributed by atoms with Crippen molar-refractivity contribution in [1.29, 1.82) is 0 Å². The van der Waals surface area contributed by atoms with Gasteiger partial charge in [0.1, 0.15) is 0 Å². The molecule has 0 aliphatic heterocycles. The van der Waals surface area contributed by atoms with Gasteiger partial charge in [-0.15, -0.1) is 0 Å². The van der Waals surface area contributed by atoms with Gasteiger partial charge < -0.3 is 5.32 Å². The fourth-order valence-corrected chi connectivity index (χ4v) is 1.23. The van der Waals surface area contributed by atoms with E-state index in [9.17, 15) is 9.59 Å². The summed E-state index contributed by atoms with van der Waals surface area (Å²) in [4.78, 5) is 21.5. The summed E-state index contributed by atoms with van der Waals surface area (Å²) in [7, 11) is 0. The van der Waals surface area contributed by atoms with Crippen LogP contribution >= 0.6 is 0 Å². The molecule has 1 amide bonds. The van der Waals surface area contributed by atoms with Crippen molar-refractivity contribution < 1.29 is 9.59 Å². The van der Waals surface area contributed by atoms with Gasteiger partial charge in [0, 0.05) is 12.5 Å². The van der Waals surface area contributed by atoms with Gasteiger partial charge in [0.15, 0.2) is 6.29 Å². The smallest absolute Gasteiger partial charge is 0.221 e. The second kappa shape index (κ2) is 4.56. The molecule has 0 spiro atoms. The Balaban J connectivity index is 3.04. The zero-order chi connectivity index (χ0) is 10.6. The Morgan fingerprint density at radius 3 is 2.71 bits per heavy atom. The fraction of sp³-hybridized carbons (Fsp3) is 0.273. The Hall–Kier alpha value is -1.64. The lowest BCUT2D eigenvalue weighted by molar-refractivity contribution is -0.114. The molecule has 1 aromatic rings. The van der Waals surface area contributed by atoms with E-state index < -0.39 is 0 Å². The number of nitrogens with one attached hydrogen (secondary N) is 1. The number of carbonyl (C=O) groups is 2. The second-order valence-corrected chi connectivity index (χ2v) is 3.07. The van der Waals surface area contributed by atoms with E-state index in [1.807, 2.05) is 13.0 Å². The van der Waals surface area contributed by atoms with Crippen LogP contribution in [0, 0.1) is 0 Å². The molecule has 0 unspecified atom stereocenters. The van der Waals surface area contributed by atoms with Crippen molar-refractivity contribution in [3.63, 3.8) is 0 Å². The minimum Gasteiger partial charge on any atom is -0.326 e. The van der Waals surface area contributed by atoms with Gasteiger partial charge in [-0.25, -0.2) is 0 Å². The predicted octanol–water partition coefficient (Wildman–Crippen LogP) is 2.02. The number of aryl methyl sites for hydroxylation is 1. The third-order valence-corrected chi connectivity index (χ3v) is 1.96. The highest BCUT2D eigenvalue weighted by atomic mass is 16.1. The number of hydrogen-bond donors (Lipinski definition) is 1. The average Bonchev–Trinajstić information content (AvgIpc) is 2.17. The first-order chi connectivity index (χ1) is 6.67.